The molecule has 2 rings (SSSR count). The van der Waals surface area contributed by atoms with E-state index in [0.717, 1.165) is 5.69 Å². The minimum atomic E-state index is -0.660. The van der Waals surface area contributed by atoms with Crippen LogP contribution < -0.4 is 5.32 Å². The predicted octanol–water partition coefficient (Wildman–Crippen LogP) is 3.43. The van der Waals surface area contributed by atoms with Crippen molar-refractivity contribution >= 4 is 23.3 Å². The number of amides is 1. The Balaban J connectivity index is 2.28. The van der Waals surface area contributed by atoms with Gasteiger partial charge < -0.3 is 5.32 Å². The molecule has 0 spiro atoms. The molecule has 2 aromatic rings. The van der Waals surface area contributed by atoms with Crippen molar-refractivity contribution in [2.24, 2.45) is 0 Å². The molecule has 0 atom stereocenters. The molecule has 1 amide bonds. The maximum absolute atomic E-state index is 13.5. The second-order valence-corrected chi connectivity index (χ2v) is 4.12. The Morgan fingerprint density at radius 1 is 1.28 bits per heavy atom. The number of halogens is 2. The van der Waals surface area contributed by atoms with E-state index in [1.165, 1.54) is 18.2 Å². The summed E-state index contributed by atoms with van der Waals surface area (Å²) < 4.78 is 13.5. The monoisotopic (exact) mass is 264 g/mol. The highest BCUT2D eigenvalue weighted by atomic mass is 35.5. The smallest absolute Gasteiger partial charge is 0.261 e. The molecule has 1 N–H and O–H groups in total. The fourth-order valence-electron chi connectivity index (χ4n) is 1.51. The van der Waals surface area contributed by atoms with Crippen molar-refractivity contribution < 1.29 is 9.18 Å². The number of carbonyl (C=O) groups is 1. The fourth-order valence-corrected chi connectivity index (χ4v) is 1.76. The molecule has 0 aliphatic carbocycles. The third-order valence-electron chi connectivity index (χ3n) is 2.32. The molecule has 0 radical (unpaired) electrons. The fraction of sp³-hybridized carbons (Fsp3) is 0.0769. The van der Waals surface area contributed by atoms with Crippen molar-refractivity contribution in [3.05, 3.63) is 58.5 Å². The maximum atomic E-state index is 13.5. The molecule has 0 aliphatic heterocycles. The summed E-state index contributed by atoms with van der Waals surface area (Å²) in [5.74, 6) is -0.914. The Labute approximate surface area is 109 Å². The van der Waals surface area contributed by atoms with Crippen LogP contribution in [-0.4, -0.2) is 10.9 Å². The van der Waals surface area contributed by atoms with Gasteiger partial charge in [-0.05, 0) is 31.2 Å². The molecule has 1 aromatic carbocycles. The Bertz CT molecular complexity index is 581. The first-order valence-corrected chi connectivity index (χ1v) is 5.65. The lowest BCUT2D eigenvalue weighted by Gasteiger charge is -2.07. The Hall–Kier alpha value is -1.94. The summed E-state index contributed by atoms with van der Waals surface area (Å²) in [6.07, 6.45) is 0. The number of benzene rings is 1. The van der Waals surface area contributed by atoms with E-state index < -0.39 is 11.7 Å². The maximum Gasteiger partial charge on any atom is 0.261 e. The van der Waals surface area contributed by atoms with Gasteiger partial charge in [0.05, 0.1) is 10.6 Å². The van der Waals surface area contributed by atoms with Crippen LogP contribution in [0.4, 0.5) is 10.2 Å². The standard InChI is InChI=1S/C13H10ClFN2O/c1-8-4-2-7-11(16-8)17-13(18)12-9(14)5-3-6-10(12)15/h2-7H,1H3,(H,16,17,18). The highest BCUT2D eigenvalue weighted by Crippen LogP contribution is 2.20. The lowest BCUT2D eigenvalue weighted by Crippen LogP contribution is -2.15. The number of hydrogen-bond donors (Lipinski definition) is 1. The minimum Gasteiger partial charge on any atom is -0.306 e. The van der Waals surface area contributed by atoms with E-state index in [1.54, 1.807) is 25.1 Å². The van der Waals surface area contributed by atoms with Crippen LogP contribution in [0.15, 0.2) is 36.4 Å². The van der Waals surface area contributed by atoms with Crippen LogP contribution in [-0.2, 0) is 0 Å². The molecule has 0 saturated carbocycles. The van der Waals surface area contributed by atoms with Gasteiger partial charge in [-0.15, -0.1) is 0 Å². The van der Waals surface area contributed by atoms with Gasteiger partial charge in [0, 0.05) is 5.69 Å². The average Bonchev–Trinajstić information content (AvgIpc) is 2.28. The second-order valence-electron chi connectivity index (χ2n) is 3.71. The number of aryl methyl sites for hydroxylation is 1. The third kappa shape index (κ3) is 2.65. The zero-order valence-corrected chi connectivity index (χ0v) is 10.3. The zero-order valence-electron chi connectivity index (χ0n) is 9.58. The summed E-state index contributed by atoms with van der Waals surface area (Å²) in [6.45, 7) is 1.80. The molecule has 0 unspecified atom stereocenters. The normalized spacial score (nSPS) is 10.2. The molecule has 3 nitrogen and oxygen atoms in total. The minimum absolute atomic E-state index is 0.0696. The number of hydrogen-bond acceptors (Lipinski definition) is 2. The first kappa shape index (κ1) is 12.5. The molecule has 1 heterocycles. The summed E-state index contributed by atoms with van der Waals surface area (Å²) in [4.78, 5) is 16.0. The van der Waals surface area contributed by atoms with Gasteiger partial charge in [-0.3, -0.25) is 4.79 Å². The molecule has 5 heteroatoms. The van der Waals surface area contributed by atoms with Crippen LogP contribution >= 0.6 is 11.6 Å². The number of carbonyl (C=O) groups excluding carboxylic acids is 1. The molecule has 0 fully saturated rings. The van der Waals surface area contributed by atoms with Gasteiger partial charge in [0.2, 0.25) is 0 Å². The van der Waals surface area contributed by atoms with Crippen LogP contribution in [0.3, 0.4) is 0 Å². The molecular formula is C13H10ClFN2O. The van der Waals surface area contributed by atoms with Gasteiger partial charge in [-0.1, -0.05) is 23.7 Å². The van der Waals surface area contributed by atoms with Gasteiger partial charge in [-0.25, -0.2) is 9.37 Å². The quantitative estimate of drug-likeness (QED) is 0.903. The highest BCUT2D eigenvalue weighted by molar-refractivity contribution is 6.34. The predicted molar refractivity (Wildman–Crippen MR) is 68.3 cm³/mol. The largest absolute Gasteiger partial charge is 0.306 e. The summed E-state index contributed by atoms with van der Waals surface area (Å²) in [5.41, 5.74) is 0.579. The SMILES string of the molecule is Cc1cccc(NC(=O)c2c(F)cccc2Cl)n1. The summed E-state index contributed by atoms with van der Waals surface area (Å²) in [5, 5.41) is 2.58. The van der Waals surface area contributed by atoms with E-state index in [2.05, 4.69) is 10.3 Å². The highest BCUT2D eigenvalue weighted by Gasteiger charge is 2.16. The van der Waals surface area contributed by atoms with E-state index in [-0.39, 0.29) is 10.6 Å². The van der Waals surface area contributed by atoms with E-state index in [9.17, 15) is 9.18 Å². The number of nitrogens with one attached hydrogen (secondary N) is 1. The Morgan fingerprint density at radius 2 is 2.00 bits per heavy atom. The number of nitrogens with zero attached hydrogens (tertiary/aromatic N) is 1. The summed E-state index contributed by atoms with van der Waals surface area (Å²) in [7, 11) is 0. The van der Waals surface area contributed by atoms with Gasteiger partial charge >= 0.3 is 0 Å². The van der Waals surface area contributed by atoms with Crippen molar-refractivity contribution in [1.29, 1.82) is 0 Å². The molecule has 0 bridgehead atoms. The number of aromatic nitrogens is 1. The molecule has 18 heavy (non-hydrogen) atoms. The van der Waals surface area contributed by atoms with Gasteiger partial charge in [0.25, 0.3) is 5.91 Å². The lowest BCUT2D eigenvalue weighted by atomic mass is 10.2. The van der Waals surface area contributed by atoms with E-state index in [1.807, 2.05) is 0 Å². The van der Waals surface area contributed by atoms with E-state index in [4.69, 9.17) is 11.6 Å². The van der Waals surface area contributed by atoms with Crippen LogP contribution in [0.2, 0.25) is 5.02 Å². The van der Waals surface area contributed by atoms with Gasteiger partial charge in [-0.2, -0.15) is 0 Å². The lowest BCUT2D eigenvalue weighted by molar-refractivity contribution is 0.102. The van der Waals surface area contributed by atoms with Gasteiger partial charge in [0.1, 0.15) is 11.6 Å². The van der Waals surface area contributed by atoms with E-state index >= 15 is 0 Å². The number of anilines is 1. The zero-order chi connectivity index (χ0) is 13.1. The summed E-state index contributed by atoms with van der Waals surface area (Å²) in [6, 6.07) is 9.26. The van der Waals surface area contributed by atoms with Crippen molar-refractivity contribution in [1.82, 2.24) is 4.98 Å². The molecule has 0 aliphatic rings. The van der Waals surface area contributed by atoms with Crippen molar-refractivity contribution in [2.75, 3.05) is 5.32 Å². The Morgan fingerprint density at radius 3 is 2.67 bits per heavy atom. The van der Waals surface area contributed by atoms with Crippen LogP contribution in [0.1, 0.15) is 16.1 Å². The third-order valence-corrected chi connectivity index (χ3v) is 2.63. The number of pyridine rings is 1. The van der Waals surface area contributed by atoms with Gasteiger partial charge in [0.15, 0.2) is 0 Å². The van der Waals surface area contributed by atoms with Crippen molar-refractivity contribution in [3.8, 4) is 0 Å². The van der Waals surface area contributed by atoms with E-state index in [0.29, 0.717) is 5.82 Å². The molecule has 92 valence electrons. The second kappa shape index (κ2) is 5.14. The first-order chi connectivity index (χ1) is 8.58. The molecule has 1 aromatic heterocycles. The van der Waals surface area contributed by atoms with Crippen LogP contribution in [0, 0.1) is 12.7 Å². The molecule has 0 saturated heterocycles. The first-order valence-electron chi connectivity index (χ1n) is 5.27. The van der Waals surface area contributed by atoms with Crippen LogP contribution in [0.5, 0.6) is 0 Å². The van der Waals surface area contributed by atoms with Crippen LogP contribution in [0.25, 0.3) is 0 Å². The average molecular weight is 265 g/mol. The molecular weight excluding hydrogens is 255 g/mol. The topological polar surface area (TPSA) is 42.0 Å². The number of rotatable bonds is 2. The Kier molecular flexibility index (Phi) is 3.58. The van der Waals surface area contributed by atoms with Crippen molar-refractivity contribution in [3.63, 3.8) is 0 Å². The summed E-state index contributed by atoms with van der Waals surface area (Å²) >= 11 is 5.80. The van der Waals surface area contributed by atoms with Crippen molar-refractivity contribution in [2.45, 2.75) is 6.92 Å².